The minimum absolute atomic E-state index is 0.212. The molecule has 27 heavy (non-hydrogen) atoms. The standard InChI is InChI=1S/C19H20ClN3O3S/c20-17-8-7-16(27-17)18(24)21-11-15-12-23(19(25)26-15)14-5-3-13(4-6-14)22-9-1-2-10-22/h3-8,15H,1-2,9-12H2,(H,21,24). The third-order valence-electron chi connectivity index (χ3n) is 4.79. The molecule has 2 amide bonds. The molecule has 4 rings (SSSR count). The molecule has 0 bridgehead atoms. The first kappa shape index (κ1) is 18.1. The molecule has 1 atom stereocenters. The molecule has 2 aromatic rings. The van der Waals surface area contributed by atoms with Crippen LogP contribution in [0.4, 0.5) is 16.2 Å². The van der Waals surface area contributed by atoms with E-state index in [4.69, 9.17) is 16.3 Å². The summed E-state index contributed by atoms with van der Waals surface area (Å²) in [5.41, 5.74) is 1.99. The molecule has 0 spiro atoms. The second kappa shape index (κ2) is 7.78. The van der Waals surface area contributed by atoms with E-state index < -0.39 is 0 Å². The SMILES string of the molecule is O=C(NCC1CN(c2ccc(N3CCCC3)cc2)C(=O)O1)c1ccc(Cl)s1. The summed E-state index contributed by atoms with van der Waals surface area (Å²) in [5.74, 6) is -0.212. The molecule has 1 aromatic heterocycles. The molecule has 1 N–H and O–H groups in total. The zero-order valence-corrected chi connectivity index (χ0v) is 16.3. The molecule has 6 nitrogen and oxygen atoms in total. The minimum atomic E-state index is -0.387. The van der Waals surface area contributed by atoms with Gasteiger partial charge in [0.15, 0.2) is 0 Å². The van der Waals surface area contributed by atoms with Crippen molar-refractivity contribution in [3.63, 3.8) is 0 Å². The minimum Gasteiger partial charge on any atom is -0.442 e. The van der Waals surface area contributed by atoms with Gasteiger partial charge in [-0.1, -0.05) is 11.6 Å². The van der Waals surface area contributed by atoms with Crippen LogP contribution >= 0.6 is 22.9 Å². The number of hydrogen-bond donors (Lipinski definition) is 1. The highest BCUT2D eigenvalue weighted by atomic mass is 35.5. The van der Waals surface area contributed by atoms with Crippen molar-refractivity contribution in [2.75, 3.05) is 36.0 Å². The van der Waals surface area contributed by atoms with E-state index >= 15 is 0 Å². The van der Waals surface area contributed by atoms with Crippen LogP contribution in [0, 0.1) is 0 Å². The number of nitrogens with one attached hydrogen (secondary N) is 1. The van der Waals surface area contributed by atoms with Crippen LogP contribution in [0.15, 0.2) is 36.4 Å². The predicted molar refractivity (Wildman–Crippen MR) is 107 cm³/mol. The average Bonchev–Trinajstić information content (AvgIpc) is 3.41. The van der Waals surface area contributed by atoms with Crippen LogP contribution in [0.1, 0.15) is 22.5 Å². The van der Waals surface area contributed by atoms with Gasteiger partial charge in [-0.15, -0.1) is 11.3 Å². The van der Waals surface area contributed by atoms with Gasteiger partial charge in [0, 0.05) is 24.5 Å². The van der Waals surface area contributed by atoms with Gasteiger partial charge in [0.25, 0.3) is 5.91 Å². The van der Waals surface area contributed by atoms with Gasteiger partial charge in [-0.05, 0) is 49.2 Å². The maximum absolute atomic E-state index is 12.2. The molecule has 0 aliphatic carbocycles. The monoisotopic (exact) mass is 405 g/mol. The zero-order chi connectivity index (χ0) is 18.8. The van der Waals surface area contributed by atoms with Gasteiger partial charge in [0.1, 0.15) is 6.10 Å². The Morgan fingerprint density at radius 3 is 2.52 bits per heavy atom. The van der Waals surface area contributed by atoms with E-state index in [2.05, 4.69) is 10.2 Å². The Hall–Kier alpha value is -2.25. The van der Waals surface area contributed by atoms with E-state index in [0.29, 0.717) is 15.8 Å². The first-order valence-electron chi connectivity index (χ1n) is 8.97. The molecule has 2 saturated heterocycles. The van der Waals surface area contributed by atoms with Crippen LogP contribution in [0.25, 0.3) is 0 Å². The number of rotatable bonds is 5. The fourth-order valence-corrected chi connectivity index (χ4v) is 4.35. The van der Waals surface area contributed by atoms with Crippen LogP contribution in [0.2, 0.25) is 4.34 Å². The van der Waals surface area contributed by atoms with Crippen molar-refractivity contribution in [2.45, 2.75) is 18.9 Å². The highest BCUT2D eigenvalue weighted by Gasteiger charge is 2.32. The molecular weight excluding hydrogens is 386 g/mol. The number of cyclic esters (lactones) is 1. The lowest BCUT2D eigenvalue weighted by atomic mass is 10.2. The topological polar surface area (TPSA) is 61.9 Å². The largest absolute Gasteiger partial charge is 0.442 e. The number of nitrogens with zero attached hydrogens (tertiary/aromatic N) is 2. The van der Waals surface area contributed by atoms with E-state index in [1.54, 1.807) is 17.0 Å². The lowest BCUT2D eigenvalue weighted by Gasteiger charge is -2.19. The summed E-state index contributed by atoms with van der Waals surface area (Å²) >= 11 is 7.07. The molecule has 2 aliphatic rings. The maximum Gasteiger partial charge on any atom is 0.414 e. The number of ether oxygens (including phenoxy) is 1. The summed E-state index contributed by atoms with van der Waals surface area (Å²) in [5, 5.41) is 2.80. The quantitative estimate of drug-likeness (QED) is 0.822. The van der Waals surface area contributed by atoms with Gasteiger partial charge in [-0.25, -0.2) is 4.79 Å². The van der Waals surface area contributed by atoms with Crippen LogP contribution < -0.4 is 15.1 Å². The van der Waals surface area contributed by atoms with Gasteiger partial charge in [-0.3, -0.25) is 9.69 Å². The van der Waals surface area contributed by atoms with Crippen molar-refractivity contribution in [2.24, 2.45) is 0 Å². The third-order valence-corrected chi connectivity index (χ3v) is 6.02. The molecule has 8 heteroatoms. The maximum atomic E-state index is 12.2. The fourth-order valence-electron chi connectivity index (χ4n) is 3.39. The van der Waals surface area contributed by atoms with E-state index in [-0.39, 0.29) is 24.6 Å². The summed E-state index contributed by atoms with van der Waals surface area (Å²) in [7, 11) is 0. The molecule has 2 aliphatic heterocycles. The number of halogens is 1. The highest BCUT2D eigenvalue weighted by Crippen LogP contribution is 2.27. The van der Waals surface area contributed by atoms with Crippen molar-refractivity contribution in [1.29, 1.82) is 0 Å². The second-order valence-electron chi connectivity index (χ2n) is 6.64. The molecule has 3 heterocycles. The van der Waals surface area contributed by atoms with Gasteiger partial charge in [0.2, 0.25) is 0 Å². The van der Waals surface area contributed by atoms with Gasteiger partial charge in [0.05, 0.1) is 22.3 Å². The number of amides is 2. The molecule has 2 fully saturated rings. The summed E-state index contributed by atoms with van der Waals surface area (Å²) in [6.07, 6.45) is 1.69. The Bertz CT molecular complexity index is 833. The predicted octanol–water partition coefficient (Wildman–Crippen LogP) is 3.76. The first-order valence-corrected chi connectivity index (χ1v) is 10.2. The summed E-state index contributed by atoms with van der Waals surface area (Å²) in [6, 6.07) is 11.3. The van der Waals surface area contributed by atoms with Gasteiger partial charge >= 0.3 is 6.09 Å². The van der Waals surface area contributed by atoms with Crippen molar-refractivity contribution in [3.8, 4) is 0 Å². The van der Waals surface area contributed by atoms with Crippen LogP contribution in [0.3, 0.4) is 0 Å². The number of carbonyl (C=O) groups excluding carboxylic acids is 2. The van der Waals surface area contributed by atoms with Crippen molar-refractivity contribution < 1.29 is 14.3 Å². The summed E-state index contributed by atoms with van der Waals surface area (Å²) in [4.78, 5) is 28.8. The van der Waals surface area contributed by atoms with Crippen LogP contribution in [-0.4, -0.2) is 44.3 Å². The highest BCUT2D eigenvalue weighted by molar-refractivity contribution is 7.17. The number of thiophene rings is 1. The number of carbonyl (C=O) groups is 2. The first-order chi connectivity index (χ1) is 13.1. The zero-order valence-electron chi connectivity index (χ0n) is 14.7. The van der Waals surface area contributed by atoms with Gasteiger partial charge in [-0.2, -0.15) is 0 Å². The number of hydrogen-bond acceptors (Lipinski definition) is 5. The normalized spacial score (nSPS) is 19.4. The molecule has 1 aromatic carbocycles. The van der Waals surface area contributed by atoms with Crippen molar-refractivity contribution in [3.05, 3.63) is 45.6 Å². The third kappa shape index (κ3) is 4.04. The smallest absolute Gasteiger partial charge is 0.414 e. The van der Waals surface area contributed by atoms with Crippen LogP contribution in [-0.2, 0) is 4.74 Å². The number of anilines is 2. The summed E-state index contributed by atoms with van der Waals surface area (Å²) < 4.78 is 5.95. The fraction of sp³-hybridized carbons (Fsp3) is 0.368. The van der Waals surface area contributed by atoms with Crippen LogP contribution in [0.5, 0.6) is 0 Å². The molecule has 0 saturated carbocycles. The van der Waals surface area contributed by atoms with E-state index in [1.807, 2.05) is 24.3 Å². The second-order valence-corrected chi connectivity index (χ2v) is 8.36. The molecule has 142 valence electrons. The molecule has 0 radical (unpaired) electrons. The van der Waals surface area contributed by atoms with Crippen molar-refractivity contribution in [1.82, 2.24) is 5.32 Å². The lowest BCUT2D eigenvalue weighted by Crippen LogP contribution is -2.34. The molecule has 1 unspecified atom stereocenters. The van der Waals surface area contributed by atoms with E-state index in [1.165, 1.54) is 29.9 Å². The van der Waals surface area contributed by atoms with E-state index in [0.717, 1.165) is 18.8 Å². The van der Waals surface area contributed by atoms with Crippen molar-refractivity contribution >= 4 is 46.3 Å². The Balaban J connectivity index is 1.34. The Morgan fingerprint density at radius 2 is 1.85 bits per heavy atom. The van der Waals surface area contributed by atoms with Gasteiger partial charge < -0.3 is 15.0 Å². The lowest BCUT2D eigenvalue weighted by molar-refractivity contribution is 0.0920. The molecular formula is C19H20ClN3O3S. The Kier molecular flexibility index (Phi) is 5.22. The number of benzene rings is 1. The Labute approximate surface area is 166 Å². The van der Waals surface area contributed by atoms with E-state index in [9.17, 15) is 9.59 Å². The average molecular weight is 406 g/mol. The summed E-state index contributed by atoms with van der Waals surface area (Å²) in [6.45, 7) is 2.85. The Morgan fingerprint density at radius 1 is 1.15 bits per heavy atom.